The first-order valence-corrected chi connectivity index (χ1v) is 9.28. The molecular formula is C21H22BrN3O. The molecule has 0 amide bonds. The van der Waals surface area contributed by atoms with E-state index in [9.17, 15) is 4.79 Å². The van der Waals surface area contributed by atoms with E-state index in [0.29, 0.717) is 5.56 Å². The van der Waals surface area contributed by atoms with E-state index in [2.05, 4.69) is 39.0 Å². The number of H-pyrrole nitrogens is 1. The van der Waals surface area contributed by atoms with Crippen LogP contribution >= 0.6 is 15.9 Å². The number of rotatable bonds is 3. The molecule has 0 aliphatic carbocycles. The van der Waals surface area contributed by atoms with Gasteiger partial charge in [0.2, 0.25) is 0 Å². The maximum atomic E-state index is 12.9. The topological polar surface area (TPSA) is 50.1 Å². The zero-order chi connectivity index (χ0) is 19.0. The zero-order valence-electron chi connectivity index (χ0n) is 15.6. The number of aromatic nitrogens is 2. The van der Waals surface area contributed by atoms with Crippen molar-refractivity contribution in [2.75, 3.05) is 0 Å². The molecule has 3 rings (SSSR count). The molecule has 0 radical (unpaired) electrons. The van der Waals surface area contributed by atoms with Crippen LogP contribution < -0.4 is 5.56 Å². The summed E-state index contributed by atoms with van der Waals surface area (Å²) in [5, 5.41) is 3.17. The molecule has 0 unspecified atom stereocenters. The highest BCUT2D eigenvalue weighted by Gasteiger charge is 2.14. The second-order valence-electron chi connectivity index (χ2n) is 6.66. The molecule has 1 heterocycles. The van der Waals surface area contributed by atoms with Crippen molar-refractivity contribution >= 4 is 27.8 Å². The van der Waals surface area contributed by atoms with Crippen LogP contribution in [0.25, 0.3) is 5.69 Å². The monoisotopic (exact) mass is 411 g/mol. The van der Waals surface area contributed by atoms with Crippen molar-refractivity contribution in [3.63, 3.8) is 0 Å². The van der Waals surface area contributed by atoms with Gasteiger partial charge in [0, 0.05) is 16.4 Å². The lowest BCUT2D eigenvalue weighted by Crippen LogP contribution is -2.18. The number of aromatic amines is 1. The highest BCUT2D eigenvalue weighted by atomic mass is 79.9. The van der Waals surface area contributed by atoms with E-state index in [1.165, 1.54) is 5.56 Å². The molecule has 134 valence electrons. The fourth-order valence-electron chi connectivity index (χ4n) is 2.98. The summed E-state index contributed by atoms with van der Waals surface area (Å²) < 4.78 is 2.62. The molecule has 0 aliphatic heterocycles. The van der Waals surface area contributed by atoms with Crippen LogP contribution in [0.4, 0.5) is 5.69 Å². The minimum atomic E-state index is -0.0964. The summed E-state index contributed by atoms with van der Waals surface area (Å²) in [6.45, 7) is 10.0. The summed E-state index contributed by atoms with van der Waals surface area (Å²) in [7, 11) is 0. The second-order valence-corrected chi connectivity index (χ2v) is 7.51. The average Bonchev–Trinajstić information content (AvgIpc) is 2.87. The molecule has 5 heteroatoms. The summed E-state index contributed by atoms with van der Waals surface area (Å²) >= 11 is 3.53. The molecule has 0 saturated heterocycles. The molecule has 4 nitrogen and oxygen atoms in total. The Morgan fingerprint density at radius 2 is 1.77 bits per heavy atom. The van der Waals surface area contributed by atoms with Crippen LogP contribution in [0.1, 0.15) is 33.5 Å². The van der Waals surface area contributed by atoms with Crippen molar-refractivity contribution < 1.29 is 0 Å². The number of hydrogen-bond acceptors (Lipinski definition) is 2. The Hall–Kier alpha value is -2.40. The third kappa shape index (κ3) is 3.31. The molecule has 0 spiro atoms. The molecule has 2 aromatic carbocycles. The van der Waals surface area contributed by atoms with Gasteiger partial charge < -0.3 is 0 Å². The Kier molecular flexibility index (Phi) is 5.01. The van der Waals surface area contributed by atoms with Crippen molar-refractivity contribution in [2.45, 2.75) is 34.6 Å². The highest BCUT2D eigenvalue weighted by molar-refractivity contribution is 9.10. The van der Waals surface area contributed by atoms with E-state index in [1.807, 2.05) is 52.0 Å². The van der Waals surface area contributed by atoms with Gasteiger partial charge in [0.1, 0.15) is 0 Å². The van der Waals surface area contributed by atoms with Gasteiger partial charge in [-0.05, 0) is 69.5 Å². The van der Waals surface area contributed by atoms with Gasteiger partial charge in [-0.15, -0.1) is 0 Å². The SMILES string of the molecule is Cc1ccc(N=Cc2c(C)[nH]n(-c3ccc(Br)c(C)c3C)c2=O)c(C)c1. The first-order valence-electron chi connectivity index (χ1n) is 8.48. The molecule has 3 aromatic rings. The summed E-state index contributed by atoms with van der Waals surface area (Å²) in [4.78, 5) is 17.5. The number of nitrogens with one attached hydrogen (secondary N) is 1. The lowest BCUT2D eigenvalue weighted by molar-refractivity contribution is 0.827. The first-order chi connectivity index (χ1) is 12.3. The Balaban J connectivity index is 2.06. The van der Waals surface area contributed by atoms with Crippen LogP contribution in [-0.2, 0) is 0 Å². The van der Waals surface area contributed by atoms with Crippen LogP contribution in [0, 0.1) is 34.6 Å². The predicted molar refractivity (Wildman–Crippen MR) is 111 cm³/mol. The van der Waals surface area contributed by atoms with E-state index >= 15 is 0 Å². The second kappa shape index (κ2) is 7.08. The summed E-state index contributed by atoms with van der Waals surface area (Å²) in [5.41, 5.74) is 7.46. The molecular weight excluding hydrogens is 390 g/mol. The molecule has 26 heavy (non-hydrogen) atoms. The smallest absolute Gasteiger partial charge is 0.280 e. The lowest BCUT2D eigenvalue weighted by atomic mass is 10.1. The van der Waals surface area contributed by atoms with Crippen LogP contribution in [0.15, 0.2) is 44.6 Å². The maximum Gasteiger partial charge on any atom is 0.280 e. The van der Waals surface area contributed by atoms with Gasteiger partial charge in [0.05, 0.1) is 16.9 Å². The standard InChI is InChI=1S/C21H22BrN3O/c1-12-6-8-19(13(2)10-12)23-11-17-16(5)24-25(21(17)26)20-9-7-18(22)14(3)15(20)4/h6-11,24H,1-5H3. The van der Waals surface area contributed by atoms with Gasteiger partial charge in [-0.25, -0.2) is 4.68 Å². The van der Waals surface area contributed by atoms with E-state index < -0.39 is 0 Å². The van der Waals surface area contributed by atoms with Crippen LogP contribution in [0.3, 0.4) is 0 Å². The maximum absolute atomic E-state index is 12.9. The number of aliphatic imine (C=N–C) groups is 1. The minimum Gasteiger partial charge on any atom is -0.295 e. The Bertz CT molecular complexity index is 1070. The van der Waals surface area contributed by atoms with Gasteiger partial charge in [-0.3, -0.25) is 14.9 Å². The Morgan fingerprint density at radius 1 is 1.04 bits per heavy atom. The molecule has 0 bridgehead atoms. The molecule has 1 aromatic heterocycles. The minimum absolute atomic E-state index is 0.0964. The van der Waals surface area contributed by atoms with Crippen molar-refractivity contribution in [1.82, 2.24) is 9.78 Å². The predicted octanol–water partition coefficient (Wildman–Crippen LogP) is 5.22. The summed E-state index contributed by atoms with van der Waals surface area (Å²) in [5.74, 6) is 0. The average molecular weight is 412 g/mol. The van der Waals surface area contributed by atoms with Gasteiger partial charge in [-0.1, -0.05) is 33.6 Å². The molecule has 0 atom stereocenters. The third-order valence-electron chi connectivity index (χ3n) is 4.74. The van der Waals surface area contributed by atoms with E-state index in [1.54, 1.807) is 10.9 Å². The number of aryl methyl sites for hydroxylation is 3. The van der Waals surface area contributed by atoms with Crippen LogP contribution in [-0.4, -0.2) is 16.0 Å². The summed E-state index contributed by atoms with van der Waals surface area (Å²) in [6, 6.07) is 9.99. The van der Waals surface area contributed by atoms with E-state index in [0.717, 1.165) is 38.2 Å². The summed E-state index contributed by atoms with van der Waals surface area (Å²) in [6.07, 6.45) is 1.66. The number of halogens is 1. The quantitative estimate of drug-likeness (QED) is 0.589. The third-order valence-corrected chi connectivity index (χ3v) is 5.59. The van der Waals surface area contributed by atoms with Gasteiger partial charge in [0.25, 0.3) is 5.56 Å². The molecule has 1 N–H and O–H groups in total. The first kappa shape index (κ1) is 18.4. The van der Waals surface area contributed by atoms with E-state index in [4.69, 9.17) is 0 Å². The van der Waals surface area contributed by atoms with E-state index in [-0.39, 0.29) is 5.56 Å². The molecule has 0 fully saturated rings. The normalized spacial score (nSPS) is 11.5. The van der Waals surface area contributed by atoms with Crippen molar-refractivity contribution in [2.24, 2.45) is 4.99 Å². The van der Waals surface area contributed by atoms with Gasteiger partial charge in [0.15, 0.2) is 0 Å². The van der Waals surface area contributed by atoms with Crippen LogP contribution in [0.5, 0.6) is 0 Å². The molecule has 0 saturated carbocycles. The fourth-order valence-corrected chi connectivity index (χ4v) is 3.41. The van der Waals surface area contributed by atoms with Crippen molar-refractivity contribution in [3.05, 3.63) is 78.7 Å². The zero-order valence-corrected chi connectivity index (χ0v) is 17.2. The number of nitrogens with zero attached hydrogens (tertiary/aromatic N) is 2. The highest BCUT2D eigenvalue weighted by Crippen LogP contribution is 2.24. The lowest BCUT2D eigenvalue weighted by Gasteiger charge is -2.10. The fraction of sp³-hybridized carbons (Fsp3) is 0.238. The number of hydrogen-bond donors (Lipinski definition) is 1. The van der Waals surface area contributed by atoms with Crippen LogP contribution in [0.2, 0.25) is 0 Å². The largest absolute Gasteiger partial charge is 0.295 e. The molecule has 0 aliphatic rings. The number of benzene rings is 2. The van der Waals surface area contributed by atoms with Gasteiger partial charge >= 0.3 is 0 Å². The van der Waals surface area contributed by atoms with Crippen molar-refractivity contribution in [3.8, 4) is 5.69 Å². The van der Waals surface area contributed by atoms with Gasteiger partial charge in [-0.2, -0.15) is 0 Å². The Labute approximate surface area is 161 Å². The van der Waals surface area contributed by atoms with Crippen molar-refractivity contribution in [1.29, 1.82) is 0 Å². The Morgan fingerprint density at radius 3 is 2.46 bits per heavy atom.